The van der Waals surface area contributed by atoms with E-state index in [1.807, 2.05) is 13.1 Å². The Morgan fingerprint density at radius 1 is 1.35 bits per heavy atom. The zero-order chi connectivity index (χ0) is 12.5. The minimum atomic E-state index is 0.683. The van der Waals surface area contributed by atoms with Gasteiger partial charge >= 0.3 is 0 Å². The van der Waals surface area contributed by atoms with Crippen LogP contribution in [0.1, 0.15) is 25.6 Å². The first-order valence-corrected chi connectivity index (χ1v) is 7.12. The van der Waals surface area contributed by atoms with Crippen molar-refractivity contribution in [3.05, 3.63) is 11.1 Å². The van der Waals surface area contributed by atoms with Gasteiger partial charge in [0.25, 0.3) is 5.19 Å². The molecule has 0 aliphatic rings. The van der Waals surface area contributed by atoms with Crippen LogP contribution in [0.3, 0.4) is 0 Å². The van der Waals surface area contributed by atoms with Gasteiger partial charge in [0.2, 0.25) is 0 Å². The van der Waals surface area contributed by atoms with Crippen LogP contribution in [0.5, 0.6) is 5.19 Å². The molecular formula is C12H23N3OS. The van der Waals surface area contributed by atoms with Crippen LogP contribution in [0.15, 0.2) is 6.20 Å². The number of nitrogens with zero attached hydrogens (tertiary/aromatic N) is 2. The highest BCUT2D eigenvalue weighted by Gasteiger charge is 2.02. The standard InChI is InChI=1S/C12H23N3OS/c1-4-15(5-2)8-7-13-9-11-10-14-12(17-11)16-6-3/h10,13H,4-9H2,1-3H3. The molecule has 0 amide bonds. The number of rotatable bonds is 9. The van der Waals surface area contributed by atoms with Crippen LogP contribution in [-0.2, 0) is 6.54 Å². The molecule has 0 aromatic carbocycles. The summed E-state index contributed by atoms with van der Waals surface area (Å²) in [5.41, 5.74) is 0. The molecule has 0 bridgehead atoms. The second-order valence-corrected chi connectivity index (χ2v) is 4.81. The highest BCUT2D eigenvalue weighted by molar-refractivity contribution is 7.13. The van der Waals surface area contributed by atoms with Gasteiger partial charge in [-0.05, 0) is 20.0 Å². The molecule has 4 nitrogen and oxygen atoms in total. The van der Waals surface area contributed by atoms with Gasteiger partial charge < -0.3 is 15.0 Å². The summed E-state index contributed by atoms with van der Waals surface area (Å²) in [5.74, 6) is 0. The van der Waals surface area contributed by atoms with Crippen LogP contribution < -0.4 is 10.1 Å². The van der Waals surface area contributed by atoms with E-state index >= 15 is 0 Å². The first-order chi connectivity index (χ1) is 8.30. The number of thiazole rings is 1. The van der Waals surface area contributed by atoms with Crippen molar-refractivity contribution < 1.29 is 4.74 Å². The third-order valence-electron chi connectivity index (χ3n) is 2.60. The molecule has 17 heavy (non-hydrogen) atoms. The quantitative estimate of drug-likeness (QED) is 0.686. The summed E-state index contributed by atoms with van der Waals surface area (Å²) in [6.45, 7) is 12.3. The lowest BCUT2D eigenvalue weighted by atomic mass is 10.4. The maximum Gasteiger partial charge on any atom is 0.273 e. The molecule has 0 saturated heterocycles. The van der Waals surface area contributed by atoms with Crippen molar-refractivity contribution >= 4 is 11.3 Å². The smallest absolute Gasteiger partial charge is 0.273 e. The van der Waals surface area contributed by atoms with Crippen molar-refractivity contribution in [3.63, 3.8) is 0 Å². The van der Waals surface area contributed by atoms with Gasteiger partial charge in [-0.15, -0.1) is 0 Å². The second kappa shape index (κ2) is 8.44. The van der Waals surface area contributed by atoms with Crippen molar-refractivity contribution in [1.82, 2.24) is 15.2 Å². The lowest BCUT2D eigenvalue weighted by molar-refractivity contribution is 0.302. The monoisotopic (exact) mass is 257 g/mol. The lowest BCUT2D eigenvalue weighted by Crippen LogP contribution is -2.31. The van der Waals surface area contributed by atoms with Gasteiger partial charge in [0, 0.05) is 30.7 Å². The highest BCUT2D eigenvalue weighted by Crippen LogP contribution is 2.19. The number of aromatic nitrogens is 1. The molecule has 1 rings (SSSR count). The van der Waals surface area contributed by atoms with Crippen molar-refractivity contribution in [2.24, 2.45) is 0 Å². The van der Waals surface area contributed by atoms with Gasteiger partial charge in [0.15, 0.2) is 0 Å². The summed E-state index contributed by atoms with van der Waals surface area (Å²) in [6, 6.07) is 0. The van der Waals surface area contributed by atoms with Gasteiger partial charge in [0.1, 0.15) is 0 Å². The molecule has 0 aliphatic heterocycles. The Bertz CT molecular complexity index is 300. The van der Waals surface area contributed by atoms with E-state index in [9.17, 15) is 0 Å². The Morgan fingerprint density at radius 2 is 2.12 bits per heavy atom. The first kappa shape index (κ1) is 14.4. The predicted molar refractivity (Wildman–Crippen MR) is 72.8 cm³/mol. The fourth-order valence-electron chi connectivity index (χ4n) is 1.55. The molecule has 0 saturated carbocycles. The van der Waals surface area contributed by atoms with E-state index in [0.717, 1.165) is 37.9 Å². The Morgan fingerprint density at radius 3 is 2.76 bits per heavy atom. The van der Waals surface area contributed by atoms with E-state index in [2.05, 4.69) is 29.0 Å². The number of hydrogen-bond donors (Lipinski definition) is 1. The molecule has 0 spiro atoms. The topological polar surface area (TPSA) is 37.4 Å². The number of nitrogens with one attached hydrogen (secondary N) is 1. The summed E-state index contributed by atoms with van der Waals surface area (Å²) >= 11 is 1.62. The Labute approximate surface area is 108 Å². The van der Waals surface area contributed by atoms with Crippen molar-refractivity contribution in [2.75, 3.05) is 32.8 Å². The molecule has 0 atom stereocenters. The summed E-state index contributed by atoms with van der Waals surface area (Å²) < 4.78 is 5.34. The zero-order valence-electron chi connectivity index (χ0n) is 11.0. The van der Waals surface area contributed by atoms with Crippen LogP contribution in [0.2, 0.25) is 0 Å². The molecule has 1 N–H and O–H groups in total. The Balaban J connectivity index is 2.17. The minimum absolute atomic E-state index is 0.683. The van der Waals surface area contributed by atoms with Crippen LogP contribution in [0.4, 0.5) is 0 Å². The Kier molecular flexibility index (Phi) is 7.16. The summed E-state index contributed by atoms with van der Waals surface area (Å²) in [7, 11) is 0. The zero-order valence-corrected chi connectivity index (χ0v) is 11.8. The van der Waals surface area contributed by atoms with E-state index in [4.69, 9.17) is 4.74 Å². The maximum atomic E-state index is 5.34. The average molecular weight is 257 g/mol. The third-order valence-corrected chi connectivity index (χ3v) is 3.51. The van der Waals surface area contributed by atoms with Gasteiger partial charge in [-0.2, -0.15) is 0 Å². The summed E-state index contributed by atoms with van der Waals surface area (Å²) in [4.78, 5) is 7.84. The predicted octanol–water partition coefficient (Wildman–Crippen LogP) is 1.97. The van der Waals surface area contributed by atoms with Crippen LogP contribution in [0, 0.1) is 0 Å². The normalized spacial score (nSPS) is 11.1. The molecule has 0 fully saturated rings. The SMILES string of the molecule is CCOc1ncc(CNCCN(CC)CC)s1. The molecule has 98 valence electrons. The van der Waals surface area contributed by atoms with E-state index < -0.39 is 0 Å². The van der Waals surface area contributed by atoms with Gasteiger partial charge in [-0.3, -0.25) is 0 Å². The minimum Gasteiger partial charge on any atom is -0.470 e. The van der Waals surface area contributed by atoms with Crippen molar-refractivity contribution in [1.29, 1.82) is 0 Å². The van der Waals surface area contributed by atoms with Crippen molar-refractivity contribution in [3.8, 4) is 5.19 Å². The summed E-state index contributed by atoms with van der Waals surface area (Å²) in [5, 5.41) is 4.20. The van der Waals surface area contributed by atoms with E-state index in [1.165, 1.54) is 4.88 Å². The molecule has 1 aromatic rings. The highest BCUT2D eigenvalue weighted by atomic mass is 32.1. The Hall–Kier alpha value is -0.650. The molecule has 0 unspecified atom stereocenters. The largest absolute Gasteiger partial charge is 0.470 e. The molecule has 0 aliphatic carbocycles. The second-order valence-electron chi connectivity index (χ2n) is 3.73. The molecule has 1 aromatic heterocycles. The number of ether oxygens (including phenoxy) is 1. The number of hydrogen-bond acceptors (Lipinski definition) is 5. The molecule has 1 heterocycles. The third kappa shape index (κ3) is 5.48. The van der Waals surface area contributed by atoms with Crippen LogP contribution in [-0.4, -0.2) is 42.7 Å². The fraction of sp³-hybridized carbons (Fsp3) is 0.750. The lowest BCUT2D eigenvalue weighted by Gasteiger charge is -2.17. The van der Waals surface area contributed by atoms with Crippen LogP contribution in [0.25, 0.3) is 0 Å². The van der Waals surface area contributed by atoms with Crippen molar-refractivity contribution in [2.45, 2.75) is 27.3 Å². The molecule has 0 radical (unpaired) electrons. The summed E-state index contributed by atoms with van der Waals surface area (Å²) in [6.07, 6.45) is 1.89. The van der Waals surface area contributed by atoms with Gasteiger partial charge in [0.05, 0.1) is 6.61 Å². The first-order valence-electron chi connectivity index (χ1n) is 6.30. The maximum absolute atomic E-state index is 5.34. The fourth-order valence-corrected chi connectivity index (χ4v) is 2.34. The number of likely N-dealkylation sites (N-methyl/N-ethyl adjacent to an activating group) is 1. The van der Waals surface area contributed by atoms with Gasteiger partial charge in [-0.1, -0.05) is 25.2 Å². The van der Waals surface area contributed by atoms with E-state index in [0.29, 0.717) is 6.61 Å². The van der Waals surface area contributed by atoms with E-state index in [-0.39, 0.29) is 0 Å². The van der Waals surface area contributed by atoms with E-state index in [1.54, 1.807) is 11.3 Å². The van der Waals surface area contributed by atoms with Crippen LogP contribution >= 0.6 is 11.3 Å². The average Bonchev–Trinajstić information content (AvgIpc) is 2.78. The molecular weight excluding hydrogens is 234 g/mol. The molecule has 5 heteroatoms. The van der Waals surface area contributed by atoms with Gasteiger partial charge in [-0.25, -0.2) is 4.98 Å².